The molecule has 0 radical (unpaired) electrons. The summed E-state index contributed by atoms with van der Waals surface area (Å²) in [6.07, 6.45) is 1.71. The fourth-order valence-corrected chi connectivity index (χ4v) is 5.86. The monoisotopic (exact) mass is 461 g/mol. The molecule has 2 aliphatic rings. The first kappa shape index (κ1) is 22.7. The molecule has 2 fully saturated rings. The lowest BCUT2D eigenvalue weighted by Crippen LogP contribution is -2.41. The van der Waals surface area contributed by atoms with Crippen molar-refractivity contribution in [2.24, 2.45) is 0 Å². The normalized spacial score (nSPS) is 19.8. The number of urea groups is 1. The fraction of sp³-hybridized carbons (Fsp3) is 0.435. The van der Waals surface area contributed by atoms with Crippen molar-refractivity contribution in [1.29, 1.82) is 0 Å². The van der Waals surface area contributed by atoms with Crippen LogP contribution in [-0.2, 0) is 27.1 Å². The molecule has 0 bridgehead atoms. The topological polar surface area (TPSA) is 79.0 Å². The molecular formula is C23H28FN3O4S. The van der Waals surface area contributed by atoms with E-state index >= 15 is 0 Å². The van der Waals surface area contributed by atoms with Crippen molar-refractivity contribution >= 4 is 16.1 Å². The molecule has 1 unspecified atom stereocenters. The first-order chi connectivity index (χ1) is 15.4. The largest absolute Gasteiger partial charge is 0.379 e. The molecule has 2 aromatic rings. The van der Waals surface area contributed by atoms with Gasteiger partial charge in [-0.2, -0.15) is 4.31 Å². The molecule has 2 heterocycles. The van der Waals surface area contributed by atoms with Gasteiger partial charge in [0.05, 0.1) is 25.0 Å². The molecule has 0 spiro atoms. The number of hydrogen-bond acceptors (Lipinski definition) is 4. The summed E-state index contributed by atoms with van der Waals surface area (Å²) in [4.78, 5) is 14.7. The van der Waals surface area contributed by atoms with Gasteiger partial charge in [-0.05, 0) is 41.7 Å². The minimum atomic E-state index is -3.46. The van der Waals surface area contributed by atoms with E-state index in [1.54, 1.807) is 29.2 Å². The Balaban J connectivity index is 1.41. The Morgan fingerprint density at radius 3 is 2.44 bits per heavy atom. The highest BCUT2D eigenvalue weighted by Crippen LogP contribution is 2.32. The van der Waals surface area contributed by atoms with Crippen molar-refractivity contribution in [3.05, 3.63) is 71.0 Å². The molecule has 0 saturated carbocycles. The van der Waals surface area contributed by atoms with E-state index in [0.717, 1.165) is 24.0 Å². The van der Waals surface area contributed by atoms with Crippen LogP contribution in [0.2, 0.25) is 0 Å². The Labute approximate surface area is 188 Å². The number of rotatable bonds is 6. The van der Waals surface area contributed by atoms with Crippen LogP contribution in [-0.4, -0.2) is 56.5 Å². The smallest absolute Gasteiger partial charge is 0.318 e. The number of morpholine rings is 1. The minimum Gasteiger partial charge on any atom is -0.379 e. The fourth-order valence-electron chi connectivity index (χ4n) is 4.30. The molecule has 0 aromatic heterocycles. The molecular weight excluding hydrogens is 433 g/mol. The number of benzene rings is 2. The van der Waals surface area contributed by atoms with Crippen LogP contribution in [0.1, 0.15) is 35.6 Å². The van der Waals surface area contributed by atoms with E-state index in [4.69, 9.17) is 4.74 Å². The molecule has 2 aromatic carbocycles. The maximum atomic E-state index is 13.3. The van der Waals surface area contributed by atoms with Gasteiger partial charge in [0.25, 0.3) is 0 Å². The van der Waals surface area contributed by atoms with Gasteiger partial charge in [0.1, 0.15) is 5.82 Å². The molecule has 1 atom stereocenters. The molecule has 4 rings (SSSR count). The Bertz CT molecular complexity index is 1040. The van der Waals surface area contributed by atoms with Gasteiger partial charge >= 0.3 is 6.03 Å². The minimum absolute atomic E-state index is 0.0902. The SMILES string of the molecule is O=C(NCc1ccccc1CS(=O)(=O)N1CCOCC1)N1CCCC1c1ccc(F)cc1. The summed E-state index contributed by atoms with van der Waals surface area (Å²) in [5, 5.41) is 2.94. The number of carbonyl (C=O) groups excluding carboxylic acids is 1. The lowest BCUT2D eigenvalue weighted by molar-refractivity contribution is 0.0729. The van der Waals surface area contributed by atoms with Crippen LogP contribution in [0.4, 0.5) is 9.18 Å². The summed E-state index contributed by atoms with van der Waals surface area (Å²) >= 11 is 0. The van der Waals surface area contributed by atoms with Crippen molar-refractivity contribution in [1.82, 2.24) is 14.5 Å². The van der Waals surface area contributed by atoms with Crippen LogP contribution in [0, 0.1) is 5.82 Å². The number of nitrogens with zero attached hydrogens (tertiary/aromatic N) is 2. The number of ether oxygens (including phenoxy) is 1. The second-order valence-electron chi connectivity index (χ2n) is 8.10. The van der Waals surface area contributed by atoms with E-state index in [-0.39, 0.29) is 30.2 Å². The maximum Gasteiger partial charge on any atom is 0.318 e. The van der Waals surface area contributed by atoms with E-state index in [1.165, 1.54) is 16.4 Å². The van der Waals surface area contributed by atoms with Gasteiger partial charge in [-0.1, -0.05) is 36.4 Å². The third-order valence-corrected chi connectivity index (χ3v) is 7.85. The summed E-state index contributed by atoms with van der Waals surface area (Å²) in [6.45, 7) is 2.40. The van der Waals surface area contributed by atoms with E-state index in [1.807, 2.05) is 12.1 Å². The second kappa shape index (κ2) is 9.97. The first-order valence-electron chi connectivity index (χ1n) is 10.9. The highest BCUT2D eigenvalue weighted by atomic mass is 32.2. The third-order valence-electron chi connectivity index (χ3n) is 6.02. The first-order valence-corrected chi connectivity index (χ1v) is 12.5. The van der Waals surface area contributed by atoms with E-state index in [9.17, 15) is 17.6 Å². The number of amides is 2. The Morgan fingerprint density at radius 1 is 1.03 bits per heavy atom. The van der Waals surface area contributed by atoms with Crippen LogP contribution in [0.25, 0.3) is 0 Å². The number of halogens is 1. The molecule has 2 saturated heterocycles. The molecule has 0 aliphatic carbocycles. The van der Waals surface area contributed by atoms with Crippen molar-refractivity contribution in [3.63, 3.8) is 0 Å². The Hall–Kier alpha value is -2.49. The Kier molecular flexibility index (Phi) is 7.07. The summed E-state index contributed by atoms with van der Waals surface area (Å²) < 4.78 is 45.6. The number of hydrogen-bond donors (Lipinski definition) is 1. The zero-order valence-electron chi connectivity index (χ0n) is 17.9. The summed E-state index contributed by atoms with van der Waals surface area (Å²) in [6, 6.07) is 13.2. The van der Waals surface area contributed by atoms with Gasteiger partial charge in [-0.15, -0.1) is 0 Å². The van der Waals surface area contributed by atoms with E-state index in [2.05, 4.69) is 5.32 Å². The molecule has 32 heavy (non-hydrogen) atoms. The molecule has 2 amide bonds. The van der Waals surface area contributed by atoms with Crippen molar-refractivity contribution in [2.75, 3.05) is 32.8 Å². The van der Waals surface area contributed by atoms with Gasteiger partial charge in [0, 0.05) is 26.2 Å². The maximum absolute atomic E-state index is 13.3. The zero-order valence-corrected chi connectivity index (χ0v) is 18.7. The van der Waals surface area contributed by atoms with Gasteiger partial charge in [0.2, 0.25) is 10.0 Å². The Morgan fingerprint density at radius 2 is 1.72 bits per heavy atom. The van der Waals surface area contributed by atoms with Crippen LogP contribution < -0.4 is 5.32 Å². The number of carbonyl (C=O) groups is 1. The summed E-state index contributed by atoms with van der Waals surface area (Å²) in [5.74, 6) is -0.410. The molecule has 1 N–H and O–H groups in total. The lowest BCUT2D eigenvalue weighted by Gasteiger charge is -2.27. The lowest BCUT2D eigenvalue weighted by atomic mass is 10.0. The predicted octanol–water partition coefficient (Wildman–Crippen LogP) is 3.03. The van der Waals surface area contributed by atoms with Crippen LogP contribution >= 0.6 is 0 Å². The average Bonchev–Trinajstić information content (AvgIpc) is 3.29. The van der Waals surface area contributed by atoms with Gasteiger partial charge in [-0.25, -0.2) is 17.6 Å². The van der Waals surface area contributed by atoms with Crippen molar-refractivity contribution in [2.45, 2.75) is 31.2 Å². The van der Waals surface area contributed by atoms with Crippen molar-refractivity contribution in [3.8, 4) is 0 Å². The quantitative estimate of drug-likeness (QED) is 0.717. The highest BCUT2D eigenvalue weighted by molar-refractivity contribution is 7.88. The van der Waals surface area contributed by atoms with Gasteiger partial charge in [-0.3, -0.25) is 0 Å². The summed E-state index contributed by atoms with van der Waals surface area (Å²) in [5.41, 5.74) is 2.36. The van der Waals surface area contributed by atoms with Gasteiger partial charge in [0.15, 0.2) is 0 Å². The molecule has 172 valence electrons. The number of likely N-dealkylation sites (tertiary alicyclic amines) is 1. The third kappa shape index (κ3) is 5.28. The predicted molar refractivity (Wildman–Crippen MR) is 119 cm³/mol. The highest BCUT2D eigenvalue weighted by Gasteiger charge is 2.30. The standard InChI is InChI=1S/C23H28FN3O4S/c24-21-9-7-18(8-10-21)22-6-3-11-27(22)23(28)25-16-19-4-1-2-5-20(19)17-32(29,30)26-12-14-31-15-13-26/h1-2,4-5,7-10,22H,3,6,11-17H2,(H,25,28). The van der Waals surface area contributed by atoms with E-state index in [0.29, 0.717) is 38.4 Å². The number of nitrogens with one attached hydrogen (secondary N) is 1. The summed E-state index contributed by atoms with van der Waals surface area (Å²) in [7, 11) is -3.46. The van der Waals surface area contributed by atoms with Crippen molar-refractivity contribution < 1.29 is 22.3 Å². The average molecular weight is 462 g/mol. The second-order valence-corrected chi connectivity index (χ2v) is 10.1. The zero-order chi connectivity index (χ0) is 22.6. The van der Waals surface area contributed by atoms with E-state index < -0.39 is 10.0 Å². The molecule has 9 heteroatoms. The van der Waals surface area contributed by atoms with Crippen LogP contribution in [0.3, 0.4) is 0 Å². The van der Waals surface area contributed by atoms with Gasteiger partial charge < -0.3 is 15.0 Å². The molecule has 7 nitrogen and oxygen atoms in total. The van der Waals surface area contributed by atoms with Crippen LogP contribution in [0.15, 0.2) is 48.5 Å². The number of sulfonamides is 1. The molecule has 2 aliphatic heterocycles. The van der Waals surface area contributed by atoms with Crippen LogP contribution in [0.5, 0.6) is 0 Å².